The van der Waals surface area contributed by atoms with Crippen molar-refractivity contribution in [3.63, 3.8) is 0 Å². The van der Waals surface area contributed by atoms with Gasteiger partial charge in [0, 0.05) is 22.5 Å². The Bertz CT molecular complexity index is 619. The molecule has 1 unspecified atom stereocenters. The molecule has 1 nitrogen and oxygen atoms in total. The van der Waals surface area contributed by atoms with Crippen molar-refractivity contribution >= 4 is 15.9 Å². The lowest BCUT2D eigenvalue weighted by Crippen LogP contribution is -2.34. The van der Waals surface area contributed by atoms with Gasteiger partial charge in [-0.1, -0.05) is 66.2 Å². The van der Waals surface area contributed by atoms with E-state index in [4.69, 9.17) is 0 Å². The van der Waals surface area contributed by atoms with Gasteiger partial charge in [0.1, 0.15) is 0 Å². The van der Waals surface area contributed by atoms with Crippen LogP contribution in [-0.2, 0) is 11.8 Å². The zero-order valence-corrected chi connectivity index (χ0v) is 14.3. The standard InChI is InChI=1S/C19H22BrN/c1-19(2,15-6-4-3-5-7-15)13-21-18-11-8-14-12-16(20)9-10-17(14)18/h3-7,9-10,12,18,21H,8,11,13H2,1-2H3. The van der Waals surface area contributed by atoms with Crippen LogP contribution in [0.4, 0.5) is 0 Å². The molecule has 2 aromatic carbocycles. The first-order valence-electron chi connectivity index (χ1n) is 7.63. The molecule has 21 heavy (non-hydrogen) atoms. The molecule has 1 aliphatic carbocycles. The summed E-state index contributed by atoms with van der Waals surface area (Å²) in [5.41, 5.74) is 4.51. The Morgan fingerprint density at radius 1 is 1.14 bits per heavy atom. The third-order valence-corrected chi connectivity index (χ3v) is 5.02. The molecule has 1 N–H and O–H groups in total. The molecule has 0 amide bonds. The van der Waals surface area contributed by atoms with Gasteiger partial charge >= 0.3 is 0 Å². The lowest BCUT2D eigenvalue weighted by molar-refractivity contribution is 0.421. The van der Waals surface area contributed by atoms with E-state index in [2.05, 4.69) is 83.6 Å². The van der Waals surface area contributed by atoms with Crippen LogP contribution in [0.3, 0.4) is 0 Å². The van der Waals surface area contributed by atoms with Gasteiger partial charge in [-0.2, -0.15) is 0 Å². The van der Waals surface area contributed by atoms with E-state index in [0.717, 1.165) is 6.54 Å². The molecule has 0 saturated heterocycles. The molecule has 110 valence electrons. The van der Waals surface area contributed by atoms with Crippen molar-refractivity contribution in [1.29, 1.82) is 0 Å². The van der Waals surface area contributed by atoms with E-state index < -0.39 is 0 Å². The van der Waals surface area contributed by atoms with Crippen molar-refractivity contribution in [3.05, 3.63) is 69.7 Å². The second-order valence-electron chi connectivity index (χ2n) is 6.57. The fraction of sp³-hybridized carbons (Fsp3) is 0.368. The van der Waals surface area contributed by atoms with Crippen LogP contribution in [0.2, 0.25) is 0 Å². The predicted molar refractivity (Wildman–Crippen MR) is 92.7 cm³/mol. The van der Waals surface area contributed by atoms with Crippen molar-refractivity contribution in [2.75, 3.05) is 6.54 Å². The number of fused-ring (bicyclic) bond motifs is 1. The average Bonchev–Trinajstić information content (AvgIpc) is 2.88. The van der Waals surface area contributed by atoms with Gasteiger partial charge < -0.3 is 5.32 Å². The number of hydrogen-bond acceptors (Lipinski definition) is 1. The lowest BCUT2D eigenvalue weighted by atomic mass is 9.84. The second kappa shape index (κ2) is 5.94. The highest BCUT2D eigenvalue weighted by Gasteiger charge is 2.26. The number of benzene rings is 2. The summed E-state index contributed by atoms with van der Waals surface area (Å²) in [5.74, 6) is 0. The minimum atomic E-state index is 0.152. The van der Waals surface area contributed by atoms with Crippen LogP contribution in [0.15, 0.2) is 53.0 Å². The molecule has 2 heteroatoms. The first kappa shape index (κ1) is 14.8. The van der Waals surface area contributed by atoms with Crippen LogP contribution in [-0.4, -0.2) is 6.54 Å². The molecule has 0 aliphatic heterocycles. The van der Waals surface area contributed by atoms with Gasteiger partial charge in [-0.3, -0.25) is 0 Å². The minimum Gasteiger partial charge on any atom is -0.309 e. The molecule has 0 bridgehead atoms. The van der Waals surface area contributed by atoms with Crippen LogP contribution in [0.1, 0.15) is 43.0 Å². The van der Waals surface area contributed by atoms with E-state index in [0.29, 0.717) is 6.04 Å². The van der Waals surface area contributed by atoms with Gasteiger partial charge in [-0.15, -0.1) is 0 Å². The maximum atomic E-state index is 3.78. The Morgan fingerprint density at radius 2 is 1.90 bits per heavy atom. The summed E-state index contributed by atoms with van der Waals surface area (Å²) >= 11 is 3.57. The van der Waals surface area contributed by atoms with Gasteiger partial charge in [-0.05, 0) is 41.7 Å². The third kappa shape index (κ3) is 3.22. The summed E-state index contributed by atoms with van der Waals surface area (Å²) in [6, 6.07) is 18.0. The van der Waals surface area contributed by atoms with E-state index in [9.17, 15) is 0 Å². The quantitative estimate of drug-likeness (QED) is 0.823. The van der Waals surface area contributed by atoms with Gasteiger partial charge in [0.15, 0.2) is 0 Å². The van der Waals surface area contributed by atoms with Gasteiger partial charge in [0.05, 0.1) is 0 Å². The minimum absolute atomic E-state index is 0.152. The third-order valence-electron chi connectivity index (χ3n) is 4.53. The summed E-state index contributed by atoms with van der Waals surface area (Å²) in [7, 11) is 0. The molecule has 0 saturated carbocycles. The van der Waals surface area contributed by atoms with Crippen molar-refractivity contribution < 1.29 is 0 Å². The van der Waals surface area contributed by atoms with Crippen molar-refractivity contribution in [3.8, 4) is 0 Å². The Labute approximate surface area is 135 Å². The molecule has 1 atom stereocenters. The van der Waals surface area contributed by atoms with Crippen LogP contribution >= 0.6 is 15.9 Å². The SMILES string of the molecule is CC(C)(CNC1CCc2cc(Br)ccc21)c1ccccc1. The molecule has 0 fully saturated rings. The first-order chi connectivity index (χ1) is 10.1. The Morgan fingerprint density at radius 3 is 2.67 bits per heavy atom. The molecule has 2 aromatic rings. The molecule has 1 aliphatic rings. The molecular weight excluding hydrogens is 322 g/mol. The first-order valence-corrected chi connectivity index (χ1v) is 8.43. The van der Waals surface area contributed by atoms with Crippen LogP contribution in [0.5, 0.6) is 0 Å². The zero-order valence-electron chi connectivity index (χ0n) is 12.7. The van der Waals surface area contributed by atoms with Gasteiger partial charge in [-0.25, -0.2) is 0 Å². The lowest BCUT2D eigenvalue weighted by Gasteiger charge is -2.28. The summed E-state index contributed by atoms with van der Waals surface area (Å²) in [6.45, 7) is 5.62. The monoisotopic (exact) mass is 343 g/mol. The predicted octanol–water partition coefficient (Wildman–Crippen LogP) is 5.00. The fourth-order valence-electron chi connectivity index (χ4n) is 3.17. The number of halogens is 1. The van der Waals surface area contributed by atoms with Crippen molar-refractivity contribution in [2.45, 2.75) is 38.1 Å². The Hall–Kier alpha value is -1.12. The fourth-order valence-corrected chi connectivity index (χ4v) is 3.58. The maximum absolute atomic E-state index is 3.78. The van der Waals surface area contributed by atoms with E-state index in [-0.39, 0.29) is 5.41 Å². The van der Waals surface area contributed by atoms with Crippen LogP contribution in [0.25, 0.3) is 0 Å². The number of nitrogens with one attached hydrogen (secondary N) is 1. The summed E-state index contributed by atoms with van der Waals surface area (Å²) in [5, 5.41) is 3.78. The van der Waals surface area contributed by atoms with Crippen LogP contribution in [0, 0.1) is 0 Å². The zero-order chi connectivity index (χ0) is 14.9. The maximum Gasteiger partial charge on any atom is 0.0326 e. The van der Waals surface area contributed by atoms with E-state index in [1.54, 1.807) is 0 Å². The average molecular weight is 344 g/mol. The highest BCUT2D eigenvalue weighted by molar-refractivity contribution is 9.10. The molecule has 0 heterocycles. The van der Waals surface area contributed by atoms with Crippen molar-refractivity contribution in [1.82, 2.24) is 5.32 Å². The Balaban J connectivity index is 1.70. The van der Waals surface area contributed by atoms with E-state index >= 15 is 0 Å². The van der Waals surface area contributed by atoms with Crippen molar-refractivity contribution in [2.24, 2.45) is 0 Å². The summed E-state index contributed by atoms with van der Waals surface area (Å²) in [4.78, 5) is 0. The van der Waals surface area contributed by atoms with E-state index in [1.165, 1.54) is 34.0 Å². The summed E-state index contributed by atoms with van der Waals surface area (Å²) in [6.07, 6.45) is 2.38. The number of hydrogen-bond donors (Lipinski definition) is 1. The molecule has 0 radical (unpaired) electrons. The molecule has 3 rings (SSSR count). The highest BCUT2D eigenvalue weighted by Crippen LogP contribution is 2.33. The summed E-state index contributed by atoms with van der Waals surface area (Å²) < 4.78 is 1.19. The normalized spacial score (nSPS) is 17.8. The molecular formula is C19H22BrN. The second-order valence-corrected chi connectivity index (χ2v) is 7.48. The van der Waals surface area contributed by atoms with Gasteiger partial charge in [0.25, 0.3) is 0 Å². The molecule has 0 spiro atoms. The smallest absolute Gasteiger partial charge is 0.0326 e. The van der Waals surface area contributed by atoms with Crippen LogP contribution < -0.4 is 5.32 Å². The van der Waals surface area contributed by atoms with E-state index in [1.807, 2.05) is 0 Å². The number of rotatable bonds is 4. The molecule has 0 aromatic heterocycles. The van der Waals surface area contributed by atoms with Gasteiger partial charge in [0.2, 0.25) is 0 Å². The number of aryl methyl sites for hydroxylation is 1. The topological polar surface area (TPSA) is 12.0 Å². The largest absolute Gasteiger partial charge is 0.309 e. The highest BCUT2D eigenvalue weighted by atomic mass is 79.9. The Kier molecular flexibility index (Phi) is 4.19.